The first-order chi connectivity index (χ1) is 52.7. The number of aliphatic hydroxyl groups is 4. The monoisotopic (exact) mass is 1530 g/mol. The van der Waals surface area contributed by atoms with E-state index in [0.717, 1.165) is 63.6 Å². The van der Waals surface area contributed by atoms with Gasteiger partial charge in [0.05, 0.1) is 59.3 Å². The van der Waals surface area contributed by atoms with E-state index in [1.807, 2.05) is 149 Å². The van der Waals surface area contributed by atoms with Gasteiger partial charge in [0.15, 0.2) is 5.96 Å². The highest BCUT2D eigenvalue weighted by atomic mass is 16.7. The predicted octanol–water partition coefficient (Wildman–Crippen LogP) is 8.02. The third-order valence-electron chi connectivity index (χ3n) is 25.6. The number of anilines is 3. The smallest absolute Gasteiger partial charge is 0.254 e. The molecule has 26 nitrogen and oxygen atoms in total. The fourth-order valence-corrected chi connectivity index (χ4v) is 19.2. The number of rotatable bonds is 25. The average molecular weight is 1530 g/mol. The van der Waals surface area contributed by atoms with E-state index in [4.69, 9.17) is 19.1 Å². The van der Waals surface area contributed by atoms with Crippen LogP contribution in [0, 0.1) is 58.2 Å². The molecule has 1 aromatic heterocycles. The molecule has 3 aliphatic heterocycles. The second-order valence-electron chi connectivity index (χ2n) is 33.9. The Bertz CT molecular complexity index is 4140. The number of ether oxygens (including phenoxy) is 2. The summed E-state index contributed by atoms with van der Waals surface area (Å²) in [6.07, 6.45) is 3.72. The van der Waals surface area contributed by atoms with Gasteiger partial charge in [0.2, 0.25) is 17.7 Å². The quantitative estimate of drug-likeness (QED) is 0.0156. The lowest BCUT2D eigenvalue weighted by Crippen LogP contribution is -2.62. The number of fused-ring (bicyclic) bond motifs is 4. The van der Waals surface area contributed by atoms with Crippen LogP contribution in [0.15, 0.2) is 102 Å². The number of nitrogens with one attached hydrogen (secondary N) is 4. The van der Waals surface area contributed by atoms with Crippen molar-refractivity contribution in [1.82, 2.24) is 45.8 Å². The zero-order valence-corrected chi connectivity index (χ0v) is 68.2. The molecule has 4 bridgehead atoms. The third kappa shape index (κ3) is 17.4. The lowest BCUT2D eigenvalue weighted by molar-refractivity contribution is -0.183. The topological polar surface area (TPSA) is 299 Å². The summed E-state index contributed by atoms with van der Waals surface area (Å²) in [6, 6.07) is 25.9. The van der Waals surface area contributed by atoms with Crippen LogP contribution in [0.4, 0.5) is 17.2 Å². The molecule has 26 heteroatoms. The number of amides is 5. The number of carbonyl (C=O) groups is 5. The van der Waals surface area contributed by atoms with Gasteiger partial charge in [-0.3, -0.25) is 38.6 Å². The highest BCUT2D eigenvalue weighted by molar-refractivity contribution is 6.03. The van der Waals surface area contributed by atoms with Gasteiger partial charge in [0, 0.05) is 144 Å². The van der Waals surface area contributed by atoms with Crippen LogP contribution in [0.1, 0.15) is 126 Å². The van der Waals surface area contributed by atoms with Crippen molar-refractivity contribution in [3.63, 3.8) is 0 Å². The van der Waals surface area contributed by atoms with Gasteiger partial charge in [-0.25, -0.2) is 4.98 Å². The van der Waals surface area contributed by atoms with E-state index in [2.05, 4.69) is 72.8 Å². The van der Waals surface area contributed by atoms with Crippen molar-refractivity contribution in [3.8, 4) is 33.8 Å². The third-order valence-corrected chi connectivity index (χ3v) is 25.6. The Morgan fingerprint density at radius 2 is 1.11 bits per heavy atom. The second-order valence-corrected chi connectivity index (χ2v) is 33.9. The van der Waals surface area contributed by atoms with E-state index in [1.165, 1.54) is 12.8 Å². The van der Waals surface area contributed by atoms with E-state index in [0.29, 0.717) is 96.4 Å². The lowest BCUT2D eigenvalue weighted by Gasteiger charge is -2.62. The van der Waals surface area contributed by atoms with Crippen LogP contribution in [-0.4, -0.2) is 244 Å². The number of aliphatic hydroxyl groups excluding tert-OH is 4. The van der Waals surface area contributed by atoms with Crippen LogP contribution >= 0.6 is 0 Å². The van der Waals surface area contributed by atoms with Gasteiger partial charge in [-0.2, -0.15) is 10.1 Å². The summed E-state index contributed by atoms with van der Waals surface area (Å²) in [5.74, 6) is 2.74. The number of hydroxylamine groups is 4. The van der Waals surface area contributed by atoms with Gasteiger partial charge < -0.3 is 75.7 Å². The Morgan fingerprint density at radius 1 is 0.631 bits per heavy atom. The van der Waals surface area contributed by atoms with Crippen molar-refractivity contribution >= 4 is 52.7 Å². The number of benzene rings is 4. The summed E-state index contributed by atoms with van der Waals surface area (Å²) < 4.78 is 12.2. The standard InChI is InChI=1S/C44H58N6O7.C41H63N7O6/c1-25-33-21-30(44(33,3)4)22-34(25)46-42(54)39-38(26(2)52)36(24-51)57-50(39)23-27-12-10-13-32(40(27)56-7)28-18-29(20-31(19-28)48(5)6)43(55)49-17-11-14-35(49)41(53)47-37-15-8-9-16-45-37;1-24-32-20-29(41(32,3)4)21-33(24)44-39(52)36-35(25(2)50)34(23-49)54-48(36)22-26-13-12-14-31(37(26)53-11)27-17-28(19-30(18-27)45(5)6)38(51)42-15-16-43-40(46(7)8)47(9)10/h8-10,12-13,15-16,18-20,25-26,30,33-36,38-39,51-52H,11,14,17,21-24H2,1-7H3,(H,46,54)(H,45,47,53);12-14,17-19,24-25,29,32-36,49-50H,15-16,20-23H2,1-11H3,(H,42,51)(H,44,52)/t25-,26-,30+,33-,34-,35?,36-,38+,39-;24-,25-,29+,32-,33-,34-,35-,36-/m00/s1. The summed E-state index contributed by atoms with van der Waals surface area (Å²) in [5.41, 5.74) is 7.59. The molecule has 5 amide bonds. The maximum atomic E-state index is 14.3. The minimum atomic E-state index is -0.923. The average Bonchev–Trinajstić information content (AvgIpc) is 1.14. The molecule has 1 unspecified atom stereocenters. The van der Waals surface area contributed by atoms with Crippen LogP contribution in [-0.2, 0) is 37.1 Å². The number of pyridine rings is 1. The van der Waals surface area contributed by atoms with Gasteiger partial charge in [0.25, 0.3) is 11.8 Å². The first-order valence-corrected chi connectivity index (χ1v) is 39.5. The number of likely N-dealkylation sites (tertiary alicyclic amines) is 1. The normalized spacial score (nSPS) is 27.3. The van der Waals surface area contributed by atoms with Crippen molar-refractivity contribution in [2.75, 3.05) is 119 Å². The molecule has 6 aliphatic carbocycles. The fourth-order valence-electron chi connectivity index (χ4n) is 19.2. The molecular formula is C85H121N13O13. The SMILES string of the molecule is COc1c(CN2O[C@@H](CO)[C@@H]([C@H](C)O)[C@H]2C(=O)N[C@H]2C[C@H]3C[C@@H]([C@@H]2C)C3(C)C)cccc1-c1cc(C(=O)N2CCCC2C(=O)Nc2ccccn2)cc(N(C)C)c1.COc1c(CN2O[C@@H](CO)[C@H]([C@H](C)O)[C@H]2C(=O)N[C@H]2C[C@H]3C[C@@H]([C@@H]2C)C3(C)C)cccc1-c1cc(C(=O)NCCN=C(N(C)C)N(C)C)cc(N(C)C)c1. The van der Waals surface area contributed by atoms with E-state index >= 15 is 0 Å². The van der Waals surface area contributed by atoms with E-state index < -0.39 is 54.4 Å². The molecule has 111 heavy (non-hydrogen) atoms. The minimum Gasteiger partial charge on any atom is -0.496 e. The Labute approximate surface area is 655 Å². The molecule has 6 saturated carbocycles. The van der Waals surface area contributed by atoms with Crippen LogP contribution in [0.25, 0.3) is 22.3 Å². The number of guanidine groups is 1. The van der Waals surface area contributed by atoms with Crippen molar-refractivity contribution in [2.45, 2.75) is 162 Å². The van der Waals surface area contributed by atoms with Crippen molar-refractivity contribution in [3.05, 3.63) is 119 Å². The zero-order valence-electron chi connectivity index (χ0n) is 68.2. The Balaban J connectivity index is 0.000000220. The van der Waals surface area contributed by atoms with Gasteiger partial charge in [-0.05, 0) is 158 Å². The molecule has 17 atom stereocenters. The van der Waals surface area contributed by atoms with E-state index in [9.17, 15) is 44.4 Å². The number of hydrogen-bond acceptors (Lipinski definition) is 19. The number of methoxy groups -OCH3 is 2. The van der Waals surface area contributed by atoms with E-state index in [1.54, 1.807) is 67.5 Å². The molecule has 5 aromatic rings. The molecule has 8 N–H and O–H groups in total. The molecule has 0 spiro atoms. The van der Waals surface area contributed by atoms with E-state index in [-0.39, 0.29) is 78.8 Å². The molecule has 9 fully saturated rings. The highest BCUT2D eigenvalue weighted by Crippen LogP contribution is 2.62. The molecule has 14 rings (SSSR count). The number of para-hydroxylation sites is 2. The molecule has 0 radical (unpaired) electrons. The summed E-state index contributed by atoms with van der Waals surface area (Å²) >= 11 is 0. The molecular weight excluding hydrogens is 1410 g/mol. The lowest BCUT2D eigenvalue weighted by atomic mass is 9.45. The molecule has 604 valence electrons. The Kier molecular flexibility index (Phi) is 26.2. The summed E-state index contributed by atoms with van der Waals surface area (Å²) in [5, 5.41) is 58.4. The van der Waals surface area contributed by atoms with Gasteiger partial charge >= 0.3 is 0 Å². The number of nitrogens with zero attached hydrogens (tertiary/aromatic N) is 9. The predicted molar refractivity (Wildman–Crippen MR) is 430 cm³/mol. The highest BCUT2D eigenvalue weighted by Gasteiger charge is 2.59. The fraction of sp³-hybridized carbons (Fsp3) is 0.588. The summed E-state index contributed by atoms with van der Waals surface area (Å²) in [4.78, 5) is 100. The molecule has 3 saturated heterocycles. The van der Waals surface area contributed by atoms with Gasteiger partial charge in [0.1, 0.15) is 47.7 Å². The summed E-state index contributed by atoms with van der Waals surface area (Å²) in [7, 11) is 18.6. The molecule has 9 aliphatic rings. The maximum absolute atomic E-state index is 14.3. The Morgan fingerprint density at radius 3 is 1.52 bits per heavy atom. The largest absolute Gasteiger partial charge is 0.496 e. The van der Waals surface area contributed by atoms with Crippen LogP contribution in [0.2, 0.25) is 0 Å². The van der Waals surface area contributed by atoms with Crippen LogP contribution < -0.4 is 40.5 Å². The van der Waals surface area contributed by atoms with Gasteiger partial charge in [-0.1, -0.05) is 84.0 Å². The van der Waals surface area contributed by atoms with Crippen molar-refractivity contribution in [2.24, 2.45) is 63.2 Å². The minimum absolute atomic E-state index is 0.0174. The molecule has 4 heterocycles. The number of hydrogen-bond donors (Lipinski definition) is 8. The number of aromatic nitrogens is 1. The first-order valence-electron chi connectivity index (χ1n) is 39.5. The molecule has 4 aromatic carbocycles. The van der Waals surface area contributed by atoms with Crippen LogP contribution in [0.5, 0.6) is 11.5 Å². The summed E-state index contributed by atoms with van der Waals surface area (Å²) in [6.45, 7) is 17.9. The van der Waals surface area contributed by atoms with Gasteiger partial charge in [-0.15, -0.1) is 0 Å². The zero-order chi connectivity index (χ0) is 80.4. The van der Waals surface area contributed by atoms with Crippen molar-refractivity contribution < 1.29 is 63.5 Å². The Hall–Kier alpha value is -8.47. The first kappa shape index (κ1) is 83.5. The maximum Gasteiger partial charge on any atom is 0.254 e. The number of carbonyl (C=O) groups excluding carboxylic acids is 5. The number of aliphatic imine (C=N–C) groups is 1. The second kappa shape index (κ2) is 34.9. The van der Waals surface area contributed by atoms with Crippen molar-refractivity contribution in [1.29, 1.82) is 0 Å². The van der Waals surface area contributed by atoms with Crippen LogP contribution in [0.3, 0.4) is 0 Å².